The number of unbranched alkanes of at least 4 members (excludes halogenated alkanes) is 1. The van der Waals surface area contributed by atoms with Crippen LogP contribution in [0, 0.1) is 6.92 Å². The van der Waals surface area contributed by atoms with Gasteiger partial charge in [0.1, 0.15) is 0 Å². The van der Waals surface area contributed by atoms with Gasteiger partial charge in [0.05, 0.1) is 27.1 Å². The summed E-state index contributed by atoms with van der Waals surface area (Å²) in [6, 6.07) is 6.45. The maximum Gasteiger partial charge on any atom is 0.297 e. The molecule has 1 amide bonds. The molecular formula is C18H21Br2NO4S. The highest BCUT2D eigenvalue weighted by Gasteiger charge is 2.29. The zero-order chi connectivity index (χ0) is 19.3. The Hall–Kier alpha value is -0.960. The molecular weight excluding hydrogens is 486 g/mol. The van der Waals surface area contributed by atoms with E-state index in [1.165, 1.54) is 17.0 Å². The number of rotatable bonds is 8. The molecule has 142 valence electrons. The number of aryl methyl sites for hydroxylation is 1. The molecule has 0 atom stereocenters. The Morgan fingerprint density at radius 3 is 2.42 bits per heavy atom. The maximum atomic E-state index is 12.6. The van der Waals surface area contributed by atoms with Gasteiger partial charge in [-0.2, -0.15) is 8.42 Å². The van der Waals surface area contributed by atoms with Crippen molar-refractivity contribution in [1.82, 2.24) is 4.90 Å². The van der Waals surface area contributed by atoms with Crippen LogP contribution in [0.1, 0.15) is 31.7 Å². The smallest absolute Gasteiger partial charge is 0.297 e. The fraction of sp³-hybridized carbons (Fsp3) is 0.389. The van der Waals surface area contributed by atoms with E-state index in [0.29, 0.717) is 15.5 Å². The second kappa shape index (κ2) is 9.30. The number of allylic oxidation sites excluding steroid dienone is 1. The molecule has 0 spiro atoms. The van der Waals surface area contributed by atoms with Gasteiger partial charge < -0.3 is 4.90 Å². The van der Waals surface area contributed by atoms with Crippen LogP contribution in [0.15, 0.2) is 49.9 Å². The van der Waals surface area contributed by atoms with Crippen LogP contribution in [0.2, 0.25) is 0 Å². The minimum atomic E-state index is -3.85. The summed E-state index contributed by atoms with van der Waals surface area (Å²) in [6.45, 7) is 3.98. The molecule has 8 heteroatoms. The van der Waals surface area contributed by atoms with Gasteiger partial charge in [0, 0.05) is 5.57 Å². The van der Waals surface area contributed by atoms with Gasteiger partial charge in [0.15, 0.2) is 0 Å². The molecule has 1 aromatic rings. The molecule has 0 bridgehead atoms. The summed E-state index contributed by atoms with van der Waals surface area (Å²) in [7, 11) is -3.85. The van der Waals surface area contributed by atoms with Gasteiger partial charge in [0.2, 0.25) is 0 Å². The van der Waals surface area contributed by atoms with Gasteiger partial charge in [0.25, 0.3) is 16.0 Å². The molecule has 0 aromatic heterocycles. The van der Waals surface area contributed by atoms with E-state index < -0.39 is 10.1 Å². The van der Waals surface area contributed by atoms with Crippen molar-refractivity contribution in [3.8, 4) is 0 Å². The third kappa shape index (κ3) is 5.28. The Balaban J connectivity index is 2.03. The van der Waals surface area contributed by atoms with Crippen molar-refractivity contribution < 1.29 is 17.4 Å². The summed E-state index contributed by atoms with van der Waals surface area (Å²) in [5, 5.41) is 0. The molecule has 0 saturated carbocycles. The molecule has 0 saturated heterocycles. The van der Waals surface area contributed by atoms with Crippen LogP contribution in [-0.2, 0) is 19.1 Å². The average molecular weight is 507 g/mol. The largest absolute Gasteiger partial charge is 0.305 e. The number of hydrogen-bond donors (Lipinski definition) is 0. The lowest BCUT2D eigenvalue weighted by atomic mass is 10.1. The first kappa shape index (κ1) is 21.3. The average Bonchev–Trinajstić information content (AvgIpc) is 2.90. The lowest BCUT2D eigenvalue weighted by Gasteiger charge is -2.19. The van der Waals surface area contributed by atoms with E-state index in [4.69, 9.17) is 4.18 Å². The molecule has 2 rings (SSSR count). The van der Waals surface area contributed by atoms with E-state index in [1.54, 1.807) is 12.1 Å². The summed E-state index contributed by atoms with van der Waals surface area (Å²) in [5.41, 5.74) is 2.37. The quantitative estimate of drug-likeness (QED) is 0.482. The van der Waals surface area contributed by atoms with E-state index in [0.717, 1.165) is 24.0 Å². The number of nitrogens with zero attached hydrogens (tertiary/aromatic N) is 1. The van der Waals surface area contributed by atoms with Gasteiger partial charge >= 0.3 is 0 Å². The Labute approximate surface area is 171 Å². The van der Waals surface area contributed by atoms with Crippen LogP contribution < -0.4 is 0 Å². The lowest BCUT2D eigenvalue weighted by molar-refractivity contribution is -0.124. The van der Waals surface area contributed by atoms with E-state index in [2.05, 4.69) is 38.8 Å². The molecule has 0 aliphatic carbocycles. The van der Waals surface area contributed by atoms with E-state index in [9.17, 15) is 13.2 Å². The van der Waals surface area contributed by atoms with Crippen molar-refractivity contribution in [3.63, 3.8) is 0 Å². The number of carbonyl (C=O) groups excluding carboxylic acids is 1. The molecule has 26 heavy (non-hydrogen) atoms. The summed E-state index contributed by atoms with van der Waals surface area (Å²) < 4.78 is 30.3. The van der Waals surface area contributed by atoms with Crippen molar-refractivity contribution in [1.29, 1.82) is 0 Å². The van der Waals surface area contributed by atoms with Crippen molar-refractivity contribution in [3.05, 3.63) is 50.6 Å². The van der Waals surface area contributed by atoms with Crippen molar-refractivity contribution in [2.24, 2.45) is 0 Å². The summed E-state index contributed by atoms with van der Waals surface area (Å²) in [5.74, 6) is -0.110. The topological polar surface area (TPSA) is 63.7 Å². The SMILES string of the molecule is CCCCC1=CC(=C(Br)Br)N(CCOS(=O)(=O)c2ccc(C)cc2)C1=O. The van der Waals surface area contributed by atoms with Crippen LogP contribution in [0.5, 0.6) is 0 Å². The van der Waals surface area contributed by atoms with Crippen molar-refractivity contribution in [2.45, 2.75) is 38.0 Å². The van der Waals surface area contributed by atoms with Crippen LogP contribution in [0.25, 0.3) is 0 Å². The van der Waals surface area contributed by atoms with E-state index in [-0.39, 0.29) is 24.0 Å². The minimum Gasteiger partial charge on any atom is -0.305 e. The van der Waals surface area contributed by atoms with Crippen molar-refractivity contribution in [2.75, 3.05) is 13.2 Å². The first-order valence-electron chi connectivity index (χ1n) is 8.30. The molecule has 1 aliphatic rings. The monoisotopic (exact) mass is 505 g/mol. The summed E-state index contributed by atoms with van der Waals surface area (Å²) >= 11 is 6.68. The van der Waals surface area contributed by atoms with Crippen LogP contribution in [0.4, 0.5) is 0 Å². The van der Waals surface area contributed by atoms with Crippen LogP contribution >= 0.6 is 31.9 Å². The summed E-state index contributed by atoms with van der Waals surface area (Å²) in [4.78, 5) is 14.2. The predicted molar refractivity (Wildman–Crippen MR) is 109 cm³/mol. The molecule has 1 aromatic carbocycles. The third-order valence-electron chi connectivity index (χ3n) is 3.98. The van der Waals surface area contributed by atoms with Gasteiger partial charge in [-0.25, -0.2) is 0 Å². The number of hydrogen-bond acceptors (Lipinski definition) is 4. The Kier molecular flexibility index (Phi) is 7.63. The lowest BCUT2D eigenvalue weighted by Crippen LogP contribution is -2.30. The zero-order valence-electron chi connectivity index (χ0n) is 14.7. The Morgan fingerprint density at radius 2 is 1.85 bits per heavy atom. The van der Waals surface area contributed by atoms with Crippen LogP contribution in [0.3, 0.4) is 0 Å². The molecule has 0 N–H and O–H groups in total. The summed E-state index contributed by atoms with van der Waals surface area (Å²) in [6.07, 6.45) is 4.45. The van der Waals surface area contributed by atoms with E-state index >= 15 is 0 Å². The second-order valence-corrected chi connectivity index (χ2v) is 10.2. The number of carbonyl (C=O) groups is 1. The third-order valence-corrected chi connectivity index (χ3v) is 6.12. The fourth-order valence-corrected chi connectivity index (χ4v) is 4.08. The number of benzene rings is 1. The molecule has 0 unspecified atom stereocenters. The Morgan fingerprint density at radius 1 is 1.19 bits per heavy atom. The number of halogens is 2. The van der Waals surface area contributed by atoms with E-state index in [1.807, 2.05) is 13.0 Å². The fourth-order valence-electron chi connectivity index (χ4n) is 2.52. The number of amides is 1. The van der Waals surface area contributed by atoms with Gasteiger partial charge in [-0.05, 0) is 69.8 Å². The minimum absolute atomic E-state index is 0.107. The Bertz CT molecular complexity index is 825. The second-order valence-electron chi connectivity index (χ2n) is 5.96. The zero-order valence-corrected chi connectivity index (χ0v) is 18.7. The molecule has 0 fully saturated rings. The van der Waals surface area contributed by atoms with Gasteiger partial charge in [-0.15, -0.1) is 0 Å². The maximum absolute atomic E-state index is 12.6. The standard InChI is InChI=1S/C18H21Br2NO4S/c1-3-4-5-14-12-16(17(19)20)21(18(14)22)10-11-25-26(23,24)15-8-6-13(2)7-9-15/h6-9,12H,3-5,10-11H2,1-2H3. The van der Waals surface area contributed by atoms with Gasteiger partial charge in [-0.3, -0.25) is 8.98 Å². The molecule has 5 nitrogen and oxygen atoms in total. The highest BCUT2D eigenvalue weighted by atomic mass is 79.9. The van der Waals surface area contributed by atoms with Gasteiger partial charge in [-0.1, -0.05) is 31.0 Å². The highest BCUT2D eigenvalue weighted by Crippen LogP contribution is 2.32. The van der Waals surface area contributed by atoms with Crippen molar-refractivity contribution >= 4 is 47.9 Å². The predicted octanol–water partition coefficient (Wildman–Crippen LogP) is 4.62. The molecule has 1 heterocycles. The van der Waals surface area contributed by atoms with Crippen LogP contribution in [-0.4, -0.2) is 32.4 Å². The highest BCUT2D eigenvalue weighted by molar-refractivity contribution is 9.28. The first-order valence-corrected chi connectivity index (χ1v) is 11.3. The molecule has 1 aliphatic heterocycles. The molecule has 0 radical (unpaired) electrons. The normalized spacial score (nSPS) is 14.8. The first-order chi connectivity index (χ1) is 12.3.